The number of esters is 1. The number of hydrogen-bond acceptors (Lipinski definition) is 2. The zero-order valence-corrected chi connectivity index (χ0v) is 10.4. The maximum absolute atomic E-state index is 10.9. The second-order valence-electron chi connectivity index (χ2n) is 4.79. The Hall–Kier alpha value is -1.31. The van der Waals surface area contributed by atoms with Gasteiger partial charge in [-0.3, -0.25) is 4.79 Å². The van der Waals surface area contributed by atoms with E-state index >= 15 is 0 Å². The molecular weight excluding hydrogens is 200 g/mol. The molecule has 2 atom stereocenters. The number of ether oxygens (including phenoxy) is 1. The lowest BCUT2D eigenvalue weighted by Crippen LogP contribution is -2.30. The third kappa shape index (κ3) is 2.63. The van der Waals surface area contributed by atoms with E-state index < -0.39 is 0 Å². The average molecular weight is 220 g/mol. The predicted molar refractivity (Wildman–Crippen MR) is 65.7 cm³/mol. The summed E-state index contributed by atoms with van der Waals surface area (Å²) < 4.78 is 5.16. The van der Waals surface area contributed by atoms with Crippen molar-refractivity contribution in [2.24, 2.45) is 11.3 Å². The van der Waals surface area contributed by atoms with Crippen LogP contribution in [0, 0.1) is 11.3 Å². The fourth-order valence-corrected chi connectivity index (χ4v) is 2.33. The standard InChI is InChI=1S/C14H20O2/c1-6-14(5)9-12(16-11(4)15)7-8-13(14)10(2)3/h6-7,13H,1-2,8-9H2,3-5H3/t13-,14+/m0/s1. The highest BCUT2D eigenvalue weighted by Crippen LogP contribution is 2.45. The Morgan fingerprint density at radius 3 is 2.69 bits per heavy atom. The van der Waals surface area contributed by atoms with Crippen molar-refractivity contribution < 1.29 is 9.53 Å². The first kappa shape index (κ1) is 12.8. The van der Waals surface area contributed by atoms with Crippen molar-refractivity contribution in [3.63, 3.8) is 0 Å². The number of allylic oxidation sites excluding steroid dienone is 4. The molecule has 0 saturated carbocycles. The molecule has 2 nitrogen and oxygen atoms in total. The van der Waals surface area contributed by atoms with Gasteiger partial charge in [-0.15, -0.1) is 6.58 Å². The number of hydrogen-bond donors (Lipinski definition) is 0. The molecule has 0 spiro atoms. The first-order chi connectivity index (χ1) is 7.39. The monoisotopic (exact) mass is 220 g/mol. The molecular formula is C14H20O2. The molecule has 1 aliphatic rings. The van der Waals surface area contributed by atoms with Crippen LogP contribution in [0.25, 0.3) is 0 Å². The SMILES string of the molecule is C=C[C@]1(C)CC(OC(C)=O)=CC[C@H]1C(=C)C. The summed E-state index contributed by atoms with van der Waals surface area (Å²) in [5.74, 6) is 0.878. The van der Waals surface area contributed by atoms with Crippen LogP contribution in [0.3, 0.4) is 0 Å². The summed E-state index contributed by atoms with van der Waals surface area (Å²) in [6.45, 7) is 13.5. The minimum atomic E-state index is -0.258. The lowest BCUT2D eigenvalue weighted by Gasteiger charge is -2.38. The predicted octanol–water partition coefficient (Wildman–Crippen LogP) is 3.61. The maximum atomic E-state index is 10.9. The van der Waals surface area contributed by atoms with Crippen LogP contribution >= 0.6 is 0 Å². The summed E-state index contributed by atoms with van der Waals surface area (Å²) in [6, 6.07) is 0. The molecule has 0 aromatic heterocycles. The first-order valence-electron chi connectivity index (χ1n) is 5.55. The van der Waals surface area contributed by atoms with Gasteiger partial charge < -0.3 is 4.74 Å². The Morgan fingerprint density at radius 1 is 1.62 bits per heavy atom. The zero-order chi connectivity index (χ0) is 12.3. The summed E-state index contributed by atoms with van der Waals surface area (Å²) in [5.41, 5.74) is 1.09. The minimum Gasteiger partial charge on any atom is -0.432 e. The Kier molecular flexibility index (Phi) is 3.74. The van der Waals surface area contributed by atoms with Crippen molar-refractivity contribution in [2.45, 2.75) is 33.6 Å². The van der Waals surface area contributed by atoms with Crippen LogP contribution in [0.15, 0.2) is 36.6 Å². The van der Waals surface area contributed by atoms with Crippen LogP contribution in [0.1, 0.15) is 33.6 Å². The van der Waals surface area contributed by atoms with E-state index in [9.17, 15) is 4.79 Å². The van der Waals surface area contributed by atoms with Gasteiger partial charge in [-0.1, -0.05) is 25.2 Å². The van der Waals surface area contributed by atoms with Gasteiger partial charge in [0.05, 0.1) is 0 Å². The van der Waals surface area contributed by atoms with Crippen molar-refractivity contribution in [3.05, 3.63) is 36.6 Å². The van der Waals surface area contributed by atoms with Gasteiger partial charge in [-0.2, -0.15) is 0 Å². The fraction of sp³-hybridized carbons (Fsp3) is 0.500. The van der Waals surface area contributed by atoms with E-state index in [0.29, 0.717) is 12.3 Å². The van der Waals surface area contributed by atoms with Gasteiger partial charge in [-0.05, 0) is 30.8 Å². The molecule has 1 rings (SSSR count). The zero-order valence-electron chi connectivity index (χ0n) is 10.4. The van der Waals surface area contributed by atoms with E-state index in [1.54, 1.807) is 0 Å². The van der Waals surface area contributed by atoms with E-state index in [2.05, 4.69) is 20.1 Å². The summed E-state index contributed by atoms with van der Waals surface area (Å²) >= 11 is 0. The Labute approximate surface area is 97.7 Å². The molecule has 0 aromatic carbocycles. The molecule has 0 aromatic rings. The van der Waals surface area contributed by atoms with Gasteiger partial charge in [0, 0.05) is 13.3 Å². The quantitative estimate of drug-likeness (QED) is 0.536. The largest absolute Gasteiger partial charge is 0.432 e. The minimum absolute atomic E-state index is 0.0641. The molecule has 0 amide bonds. The third-order valence-corrected chi connectivity index (χ3v) is 3.27. The summed E-state index contributed by atoms with van der Waals surface area (Å²) in [4.78, 5) is 10.9. The van der Waals surface area contributed by atoms with Crippen LogP contribution in [-0.4, -0.2) is 5.97 Å². The van der Waals surface area contributed by atoms with Crippen LogP contribution < -0.4 is 0 Å². The molecule has 0 fully saturated rings. The van der Waals surface area contributed by atoms with Crippen LogP contribution in [0.2, 0.25) is 0 Å². The lowest BCUT2D eigenvalue weighted by molar-refractivity contribution is -0.137. The average Bonchev–Trinajstić information content (AvgIpc) is 2.16. The number of rotatable bonds is 3. The normalized spacial score (nSPS) is 29.2. The molecule has 0 saturated heterocycles. The molecule has 0 heterocycles. The van der Waals surface area contributed by atoms with Gasteiger partial charge in [0.15, 0.2) is 0 Å². The first-order valence-corrected chi connectivity index (χ1v) is 5.55. The number of carbonyl (C=O) groups is 1. The molecule has 0 radical (unpaired) electrons. The topological polar surface area (TPSA) is 26.3 Å². The maximum Gasteiger partial charge on any atom is 0.307 e. The lowest BCUT2D eigenvalue weighted by atomic mass is 9.67. The van der Waals surface area contributed by atoms with Crippen LogP contribution in [0.4, 0.5) is 0 Å². The smallest absolute Gasteiger partial charge is 0.307 e. The van der Waals surface area contributed by atoms with Crippen molar-refractivity contribution in [2.75, 3.05) is 0 Å². The van der Waals surface area contributed by atoms with Crippen LogP contribution in [-0.2, 0) is 9.53 Å². The van der Waals surface area contributed by atoms with E-state index in [1.807, 2.05) is 19.1 Å². The van der Waals surface area contributed by atoms with Crippen LogP contribution in [0.5, 0.6) is 0 Å². The van der Waals surface area contributed by atoms with E-state index in [-0.39, 0.29) is 11.4 Å². The third-order valence-electron chi connectivity index (χ3n) is 3.27. The highest BCUT2D eigenvalue weighted by Gasteiger charge is 2.36. The fourth-order valence-electron chi connectivity index (χ4n) is 2.33. The van der Waals surface area contributed by atoms with Crippen molar-refractivity contribution in [1.29, 1.82) is 0 Å². The molecule has 88 valence electrons. The second-order valence-corrected chi connectivity index (χ2v) is 4.79. The van der Waals surface area contributed by atoms with E-state index in [0.717, 1.165) is 17.8 Å². The molecule has 0 aliphatic heterocycles. The van der Waals surface area contributed by atoms with Crippen molar-refractivity contribution >= 4 is 5.97 Å². The van der Waals surface area contributed by atoms with Crippen molar-refractivity contribution in [3.8, 4) is 0 Å². The molecule has 16 heavy (non-hydrogen) atoms. The Balaban J connectivity index is 2.91. The van der Waals surface area contributed by atoms with Gasteiger partial charge in [0.25, 0.3) is 0 Å². The van der Waals surface area contributed by atoms with Gasteiger partial charge in [-0.25, -0.2) is 0 Å². The van der Waals surface area contributed by atoms with Gasteiger partial charge in [0.1, 0.15) is 5.76 Å². The summed E-state index contributed by atoms with van der Waals surface area (Å²) in [7, 11) is 0. The second kappa shape index (κ2) is 4.69. The van der Waals surface area contributed by atoms with Gasteiger partial charge in [0.2, 0.25) is 0 Å². The highest BCUT2D eigenvalue weighted by atomic mass is 16.5. The molecule has 0 unspecified atom stereocenters. The van der Waals surface area contributed by atoms with E-state index in [4.69, 9.17) is 4.74 Å². The molecule has 0 N–H and O–H groups in total. The Morgan fingerprint density at radius 2 is 2.25 bits per heavy atom. The van der Waals surface area contributed by atoms with Gasteiger partial charge >= 0.3 is 5.97 Å². The summed E-state index contributed by atoms with van der Waals surface area (Å²) in [6.07, 6.45) is 5.52. The summed E-state index contributed by atoms with van der Waals surface area (Å²) in [5, 5.41) is 0. The Bertz CT molecular complexity index is 352. The van der Waals surface area contributed by atoms with Crippen molar-refractivity contribution in [1.82, 2.24) is 0 Å². The van der Waals surface area contributed by atoms with E-state index in [1.165, 1.54) is 6.92 Å². The highest BCUT2D eigenvalue weighted by molar-refractivity contribution is 5.67. The molecule has 1 aliphatic carbocycles. The molecule has 0 bridgehead atoms. The number of carbonyl (C=O) groups excluding carboxylic acids is 1. The molecule has 2 heteroatoms.